The van der Waals surface area contributed by atoms with Gasteiger partial charge in [0.2, 0.25) is 0 Å². The van der Waals surface area contributed by atoms with Gasteiger partial charge < -0.3 is 14.7 Å². The van der Waals surface area contributed by atoms with Crippen molar-refractivity contribution in [3.05, 3.63) is 0 Å². The number of ether oxygens (including phenoxy) is 1. The standard InChI is InChI=1S/C17H31NO2/c1-14(2)13-18-9-7-17(19,8-10-18)15-4-11-20-16(12-15)5-3-6-16/h14-15,19H,3-13H2,1-2H3. The number of nitrogens with zero attached hydrogens (tertiary/aromatic N) is 1. The molecular formula is C17H31NO2. The van der Waals surface area contributed by atoms with E-state index in [1.165, 1.54) is 25.8 Å². The lowest BCUT2D eigenvalue weighted by atomic mass is 9.66. The maximum absolute atomic E-state index is 11.1. The Morgan fingerprint density at radius 2 is 1.90 bits per heavy atom. The highest BCUT2D eigenvalue weighted by molar-refractivity contribution is 5.01. The van der Waals surface area contributed by atoms with E-state index in [1.807, 2.05) is 0 Å². The molecule has 3 heteroatoms. The van der Waals surface area contributed by atoms with Crippen molar-refractivity contribution in [2.75, 3.05) is 26.2 Å². The van der Waals surface area contributed by atoms with Gasteiger partial charge in [-0.2, -0.15) is 0 Å². The Balaban J connectivity index is 1.56. The van der Waals surface area contributed by atoms with Crippen molar-refractivity contribution in [1.82, 2.24) is 4.90 Å². The molecule has 3 nitrogen and oxygen atoms in total. The molecule has 3 rings (SSSR count). The van der Waals surface area contributed by atoms with E-state index in [0.29, 0.717) is 5.92 Å². The normalized spacial score (nSPS) is 33.3. The number of aliphatic hydroxyl groups is 1. The summed E-state index contributed by atoms with van der Waals surface area (Å²) in [4.78, 5) is 2.53. The lowest BCUT2D eigenvalue weighted by molar-refractivity contribution is -0.183. The van der Waals surface area contributed by atoms with Gasteiger partial charge in [-0.3, -0.25) is 0 Å². The molecule has 116 valence electrons. The first-order chi connectivity index (χ1) is 9.51. The summed E-state index contributed by atoms with van der Waals surface area (Å²) in [5, 5.41) is 11.1. The van der Waals surface area contributed by atoms with E-state index in [0.717, 1.165) is 51.3 Å². The van der Waals surface area contributed by atoms with Crippen molar-refractivity contribution in [3.63, 3.8) is 0 Å². The summed E-state index contributed by atoms with van der Waals surface area (Å²) in [6.45, 7) is 8.73. The van der Waals surface area contributed by atoms with Crippen molar-refractivity contribution >= 4 is 0 Å². The highest BCUT2D eigenvalue weighted by atomic mass is 16.5. The fraction of sp³-hybridized carbons (Fsp3) is 1.00. The van der Waals surface area contributed by atoms with Gasteiger partial charge in [-0.1, -0.05) is 13.8 Å². The summed E-state index contributed by atoms with van der Waals surface area (Å²) in [5.41, 5.74) is -0.256. The number of hydrogen-bond acceptors (Lipinski definition) is 3. The highest BCUT2D eigenvalue weighted by Crippen LogP contribution is 2.48. The Morgan fingerprint density at radius 3 is 2.45 bits per heavy atom. The molecule has 2 heterocycles. The summed E-state index contributed by atoms with van der Waals surface area (Å²) >= 11 is 0. The number of piperidine rings is 1. The molecule has 2 saturated heterocycles. The molecular weight excluding hydrogens is 250 g/mol. The summed E-state index contributed by atoms with van der Waals surface area (Å²) < 4.78 is 6.02. The van der Waals surface area contributed by atoms with Crippen molar-refractivity contribution in [2.24, 2.45) is 11.8 Å². The van der Waals surface area contributed by atoms with Crippen LogP contribution in [0, 0.1) is 11.8 Å². The van der Waals surface area contributed by atoms with Gasteiger partial charge in [0.25, 0.3) is 0 Å². The Labute approximate surface area is 123 Å². The van der Waals surface area contributed by atoms with Gasteiger partial charge in [0.05, 0.1) is 11.2 Å². The molecule has 2 aliphatic heterocycles. The second-order valence-electron chi connectivity index (χ2n) is 7.87. The molecule has 1 spiro atoms. The number of rotatable bonds is 3. The Hall–Kier alpha value is -0.120. The molecule has 1 atom stereocenters. The predicted octanol–water partition coefficient (Wildman–Crippen LogP) is 2.82. The molecule has 1 aliphatic carbocycles. The van der Waals surface area contributed by atoms with Crippen LogP contribution in [0.3, 0.4) is 0 Å². The minimum Gasteiger partial charge on any atom is -0.389 e. The van der Waals surface area contributed by atoms with Crippen LogP contribution in [0.5, 0.6) is 0 Å². The van der Waals surface area contributed by atoms with Gasteiger partial charge in [-0.15, -0.1) is 0 Å². The lowest BCUT2D eigenvalue weighted by Gasteiger charge is -2.52. The second-order valence-corrected chi connectivity index (χ2v) is 7.87. The average Bonchev–Trinajstić information content (AvgIpc) is 2.40. The third-order valence-corrected chi connectivity index (χ3v) is 5.86. The van der Waals surface area contributed by atoms with E-state index >= 15 is 0 Å². The average molecular weight is 281 g/mol. The van der Waals surface area contributed by atoms with Crippen LogP contribution < -0.4 is 0 Å². The van der Waals surface area contributed by atoms with E-state index in [4.69, 9.17) is 4.74 Å². The molecule has 0 aromatic carbocycles. The van der Waals surface area contributed by atoms with Crippen LogP contribution in [0.1, 0.15) is 58.8 Å². The molecule has 0 amide bonds. The van der Waals surface area contributed by atoms with Gasteiger partial charge >= 0.3 is 0 Å². The van der Waals surface area contributed by atoms with Crippen molar-refractivity contribution < 1.29 is 9.84 Å². The highest BCUT2D eigenvalue weighted by Gasteiger charge is 2.49. The van der Waals surface area contributed by atoms with Crippen LogP contribution in [0.2, 0.25) is 0 Å². The minimum absolute atomic E-state index is 0.160. The zero-order valence-corrected chi connectivity index (χ0v) is 13.2. The molecule has 20 heavy (non-hydrogen) atoms. The van der Waals surface area contributed by atoms with Gasteiger partial charge in [0.1, 0.15) is 0 Å². The van der Waals surface area contributed by atoms with Crippen molar-refractivity contribution in [2.45, 2.75) is 70.0 Å². The predicted molar refractivity (Wildman–Crippen MR) is 80.7 cm³/mol. The summed E-state index contributed by atoms with van der Waals surface area (Å²) in [7, 11) is 0. The maximum atomic E-state index is 11.1. The van der Waals surface area contributed by atoms with Gasteiger partial charge in [-0.05, 0) is 56.8 Å². The second kappa shape index (κ2) is 5.58. The van der Waals surface area contributed by atoms with Gasteiger partial charge in [0.15, 0.2) is 0 Å². The van der Waals surface area contributed by atoms with E-state index in [1.54, 1.807) is 0 Å². The number of likely N-dealkylation sites (tertiary alicyclic amines) is 1. The molecule has 0 aromatic rings. The summed E-state index contributed by atoms with van der Waals surface area (Å²) in [6.07, 6.45) is 7.84. The van der Waals surface area contributed by atoms with Crippen molar-refractivity contribution in [3.8, 4) is 0 Å². The molecule has 1 saturated carbocycles. The lowest BCUT2D eigenvalue weighted by Crippen LogP contribution is -2.55. The molecule has 3 fully saturated rings. The van der Waals surface area contributed by atoms with E-state index in [-0.39, 0.29) is 5.60 Å². The molecule has 0 aromatic heterocycles. The third-order valence-electron chi connectivity index (χ3n) is 5.86. The first-order valence-electron chi connectivity index (χ1n) is 8.60. The van der Waals surface area contributed by atoms with E-state index in [9.17, 15) is 5.11 Å². The fourth-order valence-electron chi connectivity index (χ4n) is 4.45. The summed E-state index contributed by atoms with van der Waals surface area (Å²) in [5.74, 6) is 1.19. The van der Waals surface area contributed by atoms with Crippen molar-refractivity contribution in [1.29, 1.82) is 0 Å². The SMILES string of the molecule is CC(C)CN1CCC(O)(C2CCOC3(CCC3)C2)CC1. The quantitative estimate of drug-likeness (QED) is 0.863. The topological polar surface area (TPSA) is 32.7 Å². The van der Waals surface area contributed by atoms with Crippen LogP contribution >= 0.6 is 0 Å². The number of hydrogen-bond donors (Lipinski definition) is 1. The zero-order valence-electron chi connectivity index (χ0n) is 13.2. The van der Waals surface area contributed by atoms with Crippen LogP contribution in [0.15, 0.2) is 0 Å². The zero-order chi connectivity index (χ0) is 14.2. The maximum Gasteiger partial charge on any atom is 0.0702 e. The Morgan fingerprint density at radius 1 is 1.20 bits per heavy atom. The summed E-state index contributed by atoms with van der Waals surface area (Å²) in [6, 6.07) is 0. The fourth-order valence-corrected chi connectivity index (χ4v) is 4.45. The van der Waals surface area contributed by atoms with Crippen LogP contribution in [-0.2, 0) is 4.74 Å². The Bertz CT molecular complexity index is 330. The van der Waals surface area contributed by atoms with E-state index < -0.39 is 5.60 Å². The Kier molecular flexibility index (Phi) is 4.13. The van der Waals surface area contributed by atoms with Crippen LogP contribution in [-0.4, -0.2) is 47.4 Å². The molecule has 3 aliphatic rings. The monoisotopic (exact) mass is 281 g/mol. The van der Waals surface area contributed by atoms with Crippen LogP contribution in [0.4, 0.5) is 0 Å². The first-order valence-corrected chi connectivity index (χ1v) is 8.60. The van der Waals surface area contributed by atoms with Gasteiger partial charge in [0, 0.05) is 26.2 Å². The smallest absolute Gasteiger partial charge is 0.0702 e. The first kappa shape index (κ1) is 14.8. The van der Waals surface area contributed by atoms with Crippen LogP contribution in [0.25, 0.3) is 0 Å². The molecule has 1 unspecified atom stereocenters. The molecule has 0 bridgehead atoms. The largest absolute Gasteiger partial charge is 0.389 e. The minimum atomic E-state index is -0.417. The molecule has 0 radical (unpaired) electrons. The third kappa shape index (κ3) is 2.90. The molecule has 1 N–H and O–H groups in total. The van der Waals surface area contributed by atoms with Gasteiger partial charge in [-0.25, -0.2) is 0 Å². The van der Waals surface area contributed by atoms with E-state index in [2.05, 4.69) is 18.7 Å².